The first-order valence-corrected chi connectivity index (χ1v) is 2.45. The van der Waals surface area contributed by atoms with Crippen molar-refractivity contribution in [3.63, 3.8) is 0 Å². The second-order valence-corrected chi connectivity index (χ2v) is 1.68. The number of phosphoric acid groups is 1. The van der Waals surface area contributed by atoms with Crippen LogP contribution in [0.1, 0.15) is 1.43 Å². The van der Waals surface area contributed by atoms with Crippen LogP contribution in [0.5, 0.6) is 0 Å². The van der Waals surface area contributed by atoms with Gasteiger partial charge in [0.15, 0.2) is 0 Å². The fourth-order valence-electron chi connectivity index (χ4n) is 0. The van der Waals surface area contributed by atoms with Crippen molar-refractivity contribution in [2.45, 2.75) is 0 Å². The Labute approximate surface area is 68.8 Å². The molecule has 0 aromatic carbocycles. The van der Waals surface area contributed by atoms with Crippen LogP contribution < -0.4 is 18.9 Å². The van der Waals surface area contributed by atoms with Gasteiger partial charge in [-0.05, 0) is 4.53 Å². The molecule has 8 heavy (non-hydrogen) atoms. The average molecular weight is 183 g/mol. The molecule has 0 amide bonds. The van der Waals surface area contributed by atoms with Gasteiger partial charge in [0.1, 0.15) is 0 Å². The molecule has 0 fully saturated rings. The Morgan fingerprint density at radius 2 is 1.75 bits per heavy atom. The maximum Gasteiger partial charge on any atom is 1.00 e. The molecule has 0 aliphatic heterocycles. The standard InChI is InChI=1S/Co.FH2O4P.Li.H/c;1-5-6(2,3)4;;/h;(H2,2,3,4);;/q;;+1;-1. The van der Waals surface area contributed by atoms with E-state index in [0.29, 0.717) is 0 Å². The monoisotopic (exact) mass is 183 g/mol. The van der Waals surface area contributed by atoms with Crippen molar-refractivity contribution in [3.8, 4) is 0 Å². The van der Waals surface area contributed by atoms with Gasteiger partial charge >= 0.3 is 26.7 Å². The molecular formula is H3CoFLiO4P. The Morgan fingerprint density at radius 1 is 1.62 bits per heavy atom. The van der Waals surface area contributed by atoms with Crippen LogP contribution in [-0.2, 0) is 26.1 Å². The third-order valence-corrected chi connectivity index (χ3v) is 0.270. The minimum absolute atomic E-state index is 0. The number of hydrogen-bond acceptors (Lipinski definition) is 2. The normalized spacial score (nSPS) is 8.88. The van der Waals surface area contributed by atoms with Gasteiger partial charge < -0.3 is 11.2 Å². The van der Waals surface area contributed by atoms with Gasteiger partial charge in [-0.25, -0.2) is 4.57 Å². The van der Waals surface area contributed by atoms with Gasteiger partial charge in [0.2, 0.25) is 0 Å². The van der Waals surface area contributed by atoms with E-state index < -0.39 is 7.82 Å². The summed E-state index contributed by atoms with van der Waals surface area (Å²) in [6, 6.07) is 0. The minimum Gasteiger partial charge on any atom is -1.00 e. The largest absolute Gasteiger partial charge is 1.00 e. The molecule has 0 atom stereocenters. The zero-order chi connectivity index (χ0) is 5.21. The maximum atomic E-state index is 10.2. The molecule has 49 valence electrons. The molecular weight excluding hydrogens is 180 g/mol. The van der Waals surface area contributed by atoms with Crippen molar-refractivity contribution in [2.24, 2.45) is 0 Å². The Kier molecular flexibility index (Phi) is 12.6. The number of halogens is 1. The molecule has 0 aliphatic carbocycles. The molecule has 0 bridgehead atoms. The summed E-state index contributed by atoms with van der Waals surface area (Å²) in [6.45, 7) is 0. The van der Waals surface area contributed by atoms with Crippen LogP contribution in [0.4, 0.5) is 4.53 Å². The van der Waals surface area contributed by atoms with Crippen LogP contribution in [0.2, 0.25) is 0 Å². The van der Waals surface area contributed by atoms with Crippen LogP contribution in [-0.4, -0.2) is 9.79 Å². The van der Waals surface area contributed by atoms with E-state index in [0.717, 1.165) is 0 Å². The predicted octanol–water partition coefficient (Wildman–Crippen LogP) is -2.91. The zero-order valence-electron chi connectivity index (χ0n) is 4.87. The molecule has 8 heteroatoms. The van der Waals surface area contributed by atoms with Crippen LogP contribution in [0.25, 0.3) is 0 Å². The van der Waals surface area contributed by atoms with E-state index in [1.807, 2.05) is 0 Å². The van der Waals surface area contributed by atoms with E-state index in [4.69, 9.17) is 14.4 Å². The first-order chi connectivity index (χ1) is 2.56. The minimum atomic E-state index is -4.81. The topological polar surface area (TPSA) is 66.8 Å². The Hall–Kier alpha value is 1.14. The van der Waals surface area contributed by atoms with Gasteiger partial charge in [-0.15, -0.1) is 0 Å². The van der Waals surface area contributed by atoms with Crippen molar-refractivity contribution < 1.29 is 60.7 Å². The van der Waals surface area contributed by atoms with Crippen molar-refractivity contribution in [3.05, 3.63) is 0 Å². The third-order valence-electron chi connectivity index (χ3n) is 0.0899. The number of rotatable bonds is 1. The SMILES string of the molecule is O=P(O)(O)OF.[Co].[H-].[Li+]. The second kappa shape index (κ2) is 6.27. The summed E-state index contributed by atoms with van der Waals surface area (Å²) in [4.78, 5) is 14.7. The quantitative estimate of drug-likeness (QED) is 0.338. The molecule has 0 aromatic rings. The molecule has 0 heterocycles. The van der Waals surface area contributed by atoms with Crippen molar-refractivity contribution in [1.82, 2.24) is 0 Å². The first kappa shape index (κ1) is 16.1. The van der Waals surface area contributed by atoms with Gasteiger partial charge in [0.25, 0.3) is 0 Å². The molecule has 0 rings (SSSR count). The van der Waals surface area contributed by atoms with Crippen LogP contribution in [0, 0.1) is 0 Å². The van der Waals surface area contributed by atoms with Gasteiger partial charge in [0.05, 0.1) is 0 Å². The predicted molar refractivity (Wildman–Crippen MR) is 15.3 cm³/mol. The van der Waals surface area contributed by atoms with Crippen LogP contribution >= 0.6 is 7.82 Å². The van der Waals surface area contributed by atoms with Gasteiger partial charge in [-0.2, -0.15) is 0 Å². The summed E-state index contributed by atoms with van der Waals surface area (Å²) in [7, 11) is -4.81. The molecule has 0 aromatic heterocycles. The Bertz CT molecular complexity index is 84.6. The van der Waals surface area contributed by atoms with Crippen LogP contribution in [0.15, 0.2) is 0 Å². The zero-order valence-corrected chi connectivity index (χ0v) is 5.80. The summed E-state index contributed by atoms with van der Waals surface area (Å²) in [5, 5.41) is 0. The summed E-state index contributed by atoms with van der Waals surface area (Å²) in [5.74, 6) is 0. The van der Waals surface area contributed by atoms with Gasteiger partial charge in [-0.3, -0.25) is 0 Å². The molecule has 0 spiro atoms. The van der Waals surface area contributed by atoms with E-state index in [-0.39, 0.29) is 37.1 Å². The molecule has 0 saturated carbocycles. The van der Waals surface area contributed by atoms with Gasteiger partial charge in [0, 0.05) is 16.8 Å². The molecule has 0 saturated heterocycles. The molecule has 2 N–H and O–H groups in total. The Morgan fingerprint density at radius 3 is 1.75 bits per heavy atom. The Balaban J connectivity index is -0.0000000417. The van der Waals surface area contributed by atoms with Crippen LogP contribution in [0.3, 0.4) is 0 Å². The summed E-state index contributed by atoms with van der Waals surface area (Å²) in [6.07, 6.45) is 0. The van der Waals surface area contributed by atoms with E-state index >= 15 is 0 Å². The summed E-state index contributed by atoms with van der Waals surface area (Å²) < 4.78 is 21.4. The first-order valence-electron chi connectivity index (χ1n) is 0.919. The third kappa shape index (κ3) is 15.7. The van der Waals surface area contributed by atoms with Gasteiger partial charge in [-0.1, -0.05) is 4.73 Å². The maximum absolute atomic E-state index is 10.2. The fourth-order valence-corrected chi connectivity index (χ4v) is 0. The van der Waals surface area contributed by atoms with E-state index in [1.165, 1.54) is 0 Å². The number of hydrogen-bond donors (Lipinski definition) is 2. The second-order valence-electron chi connectivity index (χ2n) is 0.560. The van der Waals surface area contributed by atoms with Crippen molar-refractivity contribution >= 4 is 7.82 Å². The van der Waals surface area contributed by atoms with E-state index in [1.54, 1.807) is 0 Å². The smallest absolute Gasteiger partial charge is 1.00 e. The molecule has 1 radical (unpaired) electrons. The molecule has 0 unspecified atom stereocenters. The van der Waals surface area contributed by atoms with E-state index in [9.17, 15) is 4.53 Å². The summed E-state index contributed by atoms with van der Waals surface area (Å²) >= 11 is 0. The average Bonchev–Trinajstić information content (AvgIpc) is 1.35. The van der Waals surface area contributed by atoms with Crippen molar-refractivity contribution in [2.75, 3.05) is 0 Å². The van der Waals surface area contributed by atoms with E-state index in [2.05, 4.69) is 4.73 Å². The fraction of sp³-hybridized carbons (Fsp3) is 0. The molecule has 4 nitrogen and oxygen atoms in total. The van der Waals surface area contributed by atoms with Crippen molar-refractivity contribution in [1.29, 1.82) is 0 Å². The molecule has 0 aliphatic rings. The summed E-state index contributed by atoms with van der Waals surface area (Å²) in [5.41, 5.74) is 0.